The topological polar surface area (TPSA) is 64.2 Å². The highest BCUT2D eigenvalue weighted by atomic mass is 16.4. The molecule has 0 atom stereocenters. The molecular formula is C24H28N2O3. The van der Waals surface area contributed by atoms with Crippen LogP contribution in [0.5, 0.6) is 0 Å². The van der Waals surface area contributed by atoms with Crippen LogP contribution in [0.25, 0.3) is 11.1 Å². The molecule has 0 aliphatic carbocycles. The zero-order valence-corrected chi connectivity index (χ0v) is 17.3. The van der Waals surface area contributed by atoms with Crippen LogP contribution in [-0.4, -0.2) is 20.2 Å². The molecule has 0 fully saturated rings. The van der Waals surface area contributed by atoms with E-state index in [2.05, 4.69) is 20.8 Å². The average Bonchev–Trinajstić information content (AvgIpc) is 3.02. The van der Waals surface area contributed by atoms with Gasteiger partial charge < -0.3 is 5.11 Å². The van der Waals surface area contributed by atoms with Gasteiger partial charge in [-0.3, -0.25) is 9.13 Å². The van der Waals surface area contributed by atoms with Gasteiger partial charge in [-0.2, -0.15) is 0 Å². The summed E-state index contributed by atoms with van der Waals surface area (Å²) < 4.78 is 3.65. The molecule has 152 valence electrons. The van der Waals surface area contributed by atoms with Crippen LogP contribution in [-0.2, 0) is 19.5 Å². The van der Waals surface area contributed by atoms with Gasteiger partial charge >= 0.3 is 11.7 Å². The normalized spacial score (nSPS) is 11.2. The lowest BCUT2D eigenvalue weighted by atomic mass is 9.99. The summed E-state index contributed by atoms with van der Waals surface area (Å²) in [6.07, 6.45) is 3.75. The first kappa shape index (κ1) is 20.6. The predicted octanol–water partition coefficient (Wildman–Crippen LogP) is 4.67. The number of rotatable bonds is 8. The average molecular weight is 392 g/mol. The number of aromatic nitrogens is 2. The summed E-state index contributed by atoms with van der Waals surface area (Å²) in [6.45, 7) is 7.63. The second kappa shape index (κ2) is 8.95. The Balaban J connectivity index is 1.85. The van der Waals surface area contributed by atoms with Crippen molar-refractivity contribution in [2.24, 2.45) is 5.92 Å². The van der Waals surface area contributed by atoms with Crippen LogP contribution in [0.4, 0.5) is 0 Å². The second-order valence-corrected chi connectivity index (χ2v) is 7.77. The first-order chi connectivity index (χ1) is 13.9. The number of imidazole rings is 1. The quantitative estimate of drug-likeness (QED) is 0.606. The molecule has 0 aliphatic rings. The number of nitrogens with zero attached hydrogens (tertiary/aromatic N) is 2. The largest absolute Gasteiger partial charge is 0.478 e. The van der Waals surface area contributed by atoms with E-state index in [-0.39, 0.29) is 11.3 Å². The van der Waals surface area contributed by atoms with E-state index in [9.17, 15) is 14.7 Å². The molecule has 2 aromatic carbocycles. The van der Waals surface area contributed by atoms with E-state index < -0.39 is 5.97 Å². The molecule has 0 saturated carbocycles. The molecule has 0 bridgehead atoms. The Morgan fingerprint density at radius 1 is 1.07 bits per heavy atom. The van der Waals surface area contributed by atoms with Crippen molar-refractivity contribution in [3.8, 4) is 11.1 Å². The first-order valence-corrected chi connectivity index (χ1v) is 10.1. The smallest absolute Gasteiger partial charge is 0.336 e. The molecule has 0 radical (unpaired) electrons. The first-order valence-electron chi connectivity index (χ1n) is 10.1. The van der Waals surface area contributed by atoms with Crippen LogP contribution in [0.15, 0.2) is 59.5 Å². The number of benzene rings is 2. The Hall–Kier alpha value is -3.08. The maximum absolute atomic E-state index is 12.8. The molecule has 1 heterocycles. The van der Waals surface area contributed by atoms with E-state index in [4.69, 9.17) is 0 Å². The van der Waals surface area contributed by atoms with Gasteiger partial charge in [0.05, 0.1) is 12.1 Å². The fraction of sp³-hybridized carbons (Fsp3) is 0.333. The molecule has 0 saturated heterocycles. The lowest BCUT2D eigenvalue weighted by Crippen LogP contribution is -2.26. The van der Waals surface area contributed by atoms with Gasteiger partial charge in [0.1, 0.15) is 0 Å². The van der Waals surface area contributed by atoms with Crippen molar-refractivity contribution in [3.63, 3.8) is 0 Å². The number of carboxylic acids is 1. The monoisotopic (exact) mass is 392 g/mol. The Labute approximate surface area is 171 Å². The number of hydrogen-bond acceptors (Lipinski definition) is 2. The fourth-order valence-corrected chi connectivity index (χ4v) is 3.49. The summed E-state index contributed by atoms with van der Waals surface area (Å²) in [4.78, 5) is 24.3. The highest BCUT2D eigenvalue weighted by molar-refractivity contribution is 5.95. The minimum atomic E-state index is -0.938. The van der Waals surface area contributed by atoms with E-state index >= 15 is 0 Å². The number of aryl methyl sites for hydroxylation is 2. The van der Waals surface area contributed by atoms with Crippen LogP contribution < -0.4 is 5.69 Å². The molecule has 3 rings (SSSR count). The number of carbonyl (C=O) groups is 1. The minimum Gasteiger partial charge on any atom is -0.478 e. The van der Waals surface area contributed by atoms with Crippen molar-refractivity contribution in [1.29, 1.82) is 0 Å². The molecule has 0 amide bonds. The maximum atomic E-state index is 12.8. The zero-order valence-electron chi connectivity index (χ0n) is 17.3. The van der Waals surface area contributed by atoms with Crippen molar-refractivity contribution in [2.75, 3.05) is 0 Å². The summed E-state index contributed by atoms with van der Waals surface area (Å²) in [5, 5.41) is 9.40. The van der Waals surface area contributed by atoms with E-state index in [1.165, 1.54) is 0 Å². The van der Waals surface area contributed by atoms with Crippen molar-refractivity contribution in [1.82, 2.24) is 9.13 Å². The lowest BCUT2D eigenvalue weighted by Gasteiger charge is -2.09. The van der Waals surface area contributed by atoms with Gasteiger partial charge in [-0.15, -0.1) is 0 Å². The Morgan fingerprint density at radius 3 is 2.38 bits per heavy atom. The summed E-state index contributed by atoms with van der Waals surface area (Å²) in [5.41, 5.74) is 3.90. The molecule has 0 spiro atoms. The van der Waals surface area contributed by atoms with E-state index in [1.54, 1.807) is 12.1 Å². The van der Waals surface area contributed by atoms with Gasteiger partial charge in [-0.05, 0) is 41.5 Å². The van der Waals surface area contributed by atoms with Crippen LogP contribution >= 0.6 is 0 Å². The van der Waals surface area contributed by atoms with Crippen molar-refractivity contribution < 1.29 is 9.90 Å². The fourth-order valence-electron chi connectivity index (χ4n) is 3.49. The maximum Gasteiger partial charge on any atom is 0.336 e. The van der Waals surface area contributed by atoms with Gasteiger partial charge in [0.2, 0.25) is 0 Å². The third kappa shape index (κ3) is 4.67. The van der Waals surface area contributed by atoms with Crippen LogP contribution in [0.3, 0.4) is 0 Å². The summed E-state index contributed by atoms with van der Waals surface area (Å²) in [7, 11) is 0. The highest BCUT2D eigenvalue weighted by Crippen LogP contribution is 2.24. The second-order valence-electron chi connectivity index (χ2n) is 7.77. The van der Waals surface area contributed by atoms with Crippen molar-refractivity contribution >= 4 is 5.97 Å². The molecular weight excluding hydrogens is 364 g/mol. The number of carboxylic acid groups (broad SMARTS) is 1. The third-order valence-corrected chi connectivity index (χ3v) is 5.20. The number of aromatic carboxylic acids is 1. The summed E-state index contributed by atoms with van der Waals surface area (Å²) in [6, 6.07) is 14.8. The molecule has 3 aromatic rings. The molecule has 5 heteroatoms. The van der Waals surface area contributed by atoms with Gasteiger partial charge in [0.15, 0.2) is 0 Å². The van der Waals surface area contributed by atoms with Gasteiger partial charge in [0, 0.05) is 18.4 Å². The molecule has 1 aromatic heterocycles. The lowest BCUT2D eigenvalue weighted by molar-refractivity contribution is 0.0697. The molecule has 1 N–H and O–H groups in total. The minimum absolute atomic E-state index is 0.0304. The number of hydrogen-bond donors (Lipinski definition) is 1. The standard InChI is InChI=1S/C24H28N2O3/c1-4-20-16-25(14-13-17(2)3)24(29)26(20)15-18-9-11-19(12-10-18)21-7-5-6-8-22(21)23(27)28/h5-12,16-17H,4,13-15H2,1-3H3,(H,27,28). The van der Waals surface area contributed by atoms with Gasteiger partial charge in [0.25, 0.3) is 0 Å². The van der Waals surface area contributed by atoms with E-state index in [0.717, 1.165) is 36.2 Å². The Morgan fingerprint density at radius 2 is 1.76 bits per heavy atom. The Bertz CT molecular complexity index is 1040. The van der Waals surface area contributed by atoms with Crippen LogP contribution in [0.2, 0.25) is 0 Å². The van der Waals surface area contributed by atoms with Gasteiger partial charge in [-0.1, -0.05) is 63.2 Å². The molecule has 0 aliphatic heterocycles. The molecule has 5 nitrogen and oxygen atoms in total. The van der Waals surface area contributed by atoms with E-state index in [0.29, 0.717) is 18.0 Å². The SMILES string of the molecule is CCc1cn(CCC(C)C)c(=O)n1Cc1ccc(-c2ccccc2C(=O)O)cc1. The van der Waals surface area contributed by atoms with Crippen molar-refractivity contribution in [2.45, 2.75) is 46.7 Å². The van der Waals surface area contributed by atoms with Crippen LogP contribution in [0, 0.1) is 5.92 Å². The third-order valence-electron chi connectivity index (χ3n) is 5.20. The molecule has 0 unspecified atom stereocenters. The zero-order chi connectivity index (χ0) is 21.0. The molecule has 29 heavy (non-hydrogen) atoms. The summed E-state index contributed by atoms with van der Waals surface area (Å²) in [5.74, 6) is -0.386. The Kier molecular flexibility index (Phi) is 6.37. The summed E-state index contributed by atoms with van der Waals surface area (Å²) >= 11 is 0. The predicted molar refractivity (Wildman–Crippen MR) is 115 cm³/mol. The van der Waals surface area contributed by atoms with E-state index in [1.807, 2.05) is 51.7 Å². The van der Waals surface area contributed by atoms with Crippen molar-refractivity contribution in [3.05, 3.63) is 82.0 Å². The highest BCUT2D eigenvalue weighted by Gasteiger charge is 2.13. The van der Waals surface area contributed by atoms with Crippen LogP contribution in [0.1, 0.15) is 48.8 Å². The van der Waals surface area contributed by atoms with Gasteiger partial charge in [-0.25, -0.2) is 9.59 Å².